The maximum Gasteiger partial charge on any atom is 0.262 e. The van der Waals surface area contributed by atoms with Gasteiger partial charge in [0.15, 0.2) is 0 Å². The molecule has 0 bridgehead atoms. The van der Waals surface area contributed by atoms with Gasteiger partial charge in [-0.1, -0.05) is 6.07 Å². The molecule has 0 aliphatic heterocycles. The number of carbonyl (C=O) groups is 1. The second-order valence-corrected chi connectivity index (χ2v) is 7.80. The van der Waals surface area contributed by atoms with Crippen molar-refractivity contribution in [2.45, 2.75) is 32.6 Å². The highest BCUT2D eigenvalue weighted by Gasteiger charge is 2.24. The molecule has 0 unspecified atom stereocenters. The summed E-state index contributed by atoms with van der Waals surface area (Å²) in [6.07, 6.45) is 0. The van der Waals surface area contributed by atoms with E-state index in [1.165, 1.54) is 26.3 Å². The predicted octanol–water partition coefficient (Wildman–Crippen LogP) is 3.09. The lowest BCUT2D eigenvalue weighted by molar-refractivity contribution is 0.0963. The van der Waals surface area contributed by atoms with E-state index in [2.05, 4.69) is 10.0 Å². The Labute approximate surface area is 154 Å². The van der Waals surface area contributed by atoms with Crippen molar-refractivity contribution in [3.8, 4) is 5.75 Å². The van der Waals surface area contributed by atoms with Crippen molar-refractivity contribution in [3.05, 3.63) is 52.1 Å². The molecule has 0 radical (unpaired) electrons. The van der Waals surface area contributed by atoms with Crippen LogP contribution in [0.25, 0.3) is 0 Å². The van der Waals surface area contributed by atoms with Crippen molar-refractivity contribution in [2.75, 3.05) is 18.9 Å². The maximum atomic E-state index is 13.1. The van der Waals surface area contributed by atoms with Gasteiger partial charge < -0.3 is 10.1 Å². The number of hydrogen-bond acceptors (Lipinski definition) is 4. The van der Waals surface area contributed by atoms with Crippen LogP contribution >= 0.6 is 0 Å². The van der Waals surface area contributed by atoms with Crippen molar-refractivity contribution < 1.29 is 17.9 Å². The molecule has 6 nitrogen and oxygen atoms in total. The van der Waals surface area contributed by atoms with Gasteiger partial charge in [0.2, 0.25) is 0 Å². The van der Waals surface area contributed by atoms with Crippen molar-refractivity contribution in [1.82, 2.24) is 5.32 Å². The smallest absolute Gasteiger partial charge is 0.262 e. The van der Waals surface area contributed by atoms with Crippen LogP contribution in [0.15, 0.2) is 29.2 Å². The third-order valence-electron chi connectivity index (χ3n) is 4.51. The van der Waals surface area contributed by atoms with Crippen LogP contribution in [0.4, 0.5) is 5.69 Å². The number of sulfonamides is 1. The summed E-state index contributed by atoms with van der Waals surface area (Å²) < 4.78 is 33.9. The van der Waals surface area contributed by atoms with Crippen LogP contribution in [0, 0.1) is 27.7 Å². The summed E-state index contributed by atoms with van der Waals surface area (Å²) in [4.78, 5) is 12.4. The lowest BCUT2D eigenvalue weighted by atomic mass is 10.0. The number of aryl methyl sites for hydroxylation is 2. The minimum Gasteiger partial charge on any atom is -0.497 e. The molecule has 2 rings (SSSR count). The number of methoxy groups -OCH3 is 1. The predicted molar refractivity (Wildman–Crippen MR) is 103 cm³/mol. The molecule has 140 valence electrons. The largest absolute Gasteiger partial charge is 0.497 e. The number of nitrogens with one attached hydrogen (secondary N) is 2. The summed E-state index contributed by atoms with van der Waals surface area (Å²) in [6.45, 7) is 7.32. The first-order chi connectivity index (χ1) is 12.1. The molecule has 0 saturated heterocycles. The monoisotopic (exact) mass is 376 g/mol. The zero-order chi connectivity index (χ0) is 19.6. The van der Waals surface area contributed by atoms with Gasteiger partial charge in [-0.25, -0.2) is 8.42 Å². The Hall–Kier alpha value is -2.54. The van der Waals surface area contributed by atoms with Crippen LogP contribution in [-0.4, -0.2) is 28.5 Å². The van der Waals surface area contributed by atoms with Crippen LogP contribution in [0.5, 0.6) is 5.75 Å². The van der Waals surface area contributed by atoms with E-state index in [4.69, 9.17) is 4.74 Å². The van der Waals surface area contributed by atoms with Gasteiger partial charge >= 0.3 is 0 Å². The SMILES string of the molecule is CNC(=O)c1cc(OC)ccc1NS(=O)(=O)c1c(C)c(C)cc(C)c1C. The second-order valence-electron chi connectivity index (χ2n) is 6.19. The molecule has 1 amide bonds. The normalized spacial score (nSPS) is 11.2. The van der Waals surface area contributed by atoms with E-state index in [9.17, 15) is 13.2 Å². The average Bonchev–Trinajstić information content (AvgIpc) is 2.59. The van der Waals surface area contributed by atoms with E-state index in [0.29, 0.717) is 16.9 Å². The molecule has 2 aromatic carbocycles. The number of anilines is 1. The van der Waals surface area contributed by atoms with Gasteiger partial charge in [-0.05, 0) is 68.1 Å². The molecule has 2 aromatic rings. The molecule has 0 saturated carbocycles. The Balaban J connectivity index is 2.60. The quantitative estimate of drug-likeness (QED) is 0.840. The summed E-state index contributed by atoms with van der Waals surface area (Å²) in [6, 6.07) is 6.59. The zero-order valence-electron chi connectivity index (χ0n) is 15.9. The van der Waals surface area contributed by atoms with Crippen molar-refractivity contribution in [3.63, 3.8) is 0 Å². The van der Waals surface area contributed by atoms with E-state index in [1.807, 2.05) is 19.9 Å². The Bertz CT molecular complexity index is 940. The summed E-state index contributed by atoms with van der Waals surface area (Å²) >= 11 is 0. The molecule has 0 aliphatic rings. The first-order valence-electron chi connectivity index (χ1n) is 8.12. The average molecular weight is 376 g/mol. The fourth-order valence-electron chi connectivity index (χ4n) is 2.84. The molecule has 0 atom stereocenters. The number of carbonyl (C=O) groups excluding carboxylic acids is 1. The van der Waals surface area contributed by atoms with Crippen LogP contribution in [0.3, 0.4) is 0 Å². The van der Waals surface area contributed by atoms with Gasteiger partial charge in [0.25, 0.3) is 15.9 Å². The molecular formula is C19H24N2O4S. The number of rotatable bonds is 5. The van der Waals surface area contributed by atoms with Gasteiger partial charge in [0.05, 0.1) is 23.3 Å². The first-order valence-corrected chi connectivity index (χ1v) is 9.61. The Morgan fingerprint density at radius 3 is 2.08 bits per heavy atom. The molecular weight excluding hydrogens is 352 g/mol. The summed E-state index contributed by atoms with van der Waals surface area (Å²) in [7, 11) is -0.909. The third-order valence-corrected chi connectivity index (χ3v) is 6.15. The summed E-state index contributed by atoms with van der Waals surface area (Å²) in [5.41, 5.74) is 3.56. The van der Waals surface area contributed by atoms with Gasteiger partial charge in [0, 0.05) is 7.05 Å². The molecule has 2 N–H and O–H groups in total. The molecule has 7 heteroatoms. The maximum absolute atomic E-state index is 13.1. The standard InChI is InChI=1S/C19H24N2O4S/c1-11-9-12(2)14(4)18(13(11)3)26(23,24)21-17-8-7-15(25-6)10-16(17)19(22)20-5/h7-10,21H,1-6H3,(H,20,22). The number of amides is 1. The van der Waals surface area contributed by atoms with Gasteiger partial charge in [-0.15, -0.1) is 0 Å². The number of ether oxygens (including phenoxy) is 1. The Morgan fingerprint density at radius 2 is 1.58 bits per heavy atom. The highest BCUT2D eigenvalue weighted by atomic mass is 32.2. The zero-order valence-corrected chi connectivity index (χ0v) is 16.7. The highest BCUT2D eigenvalue weighted by Crippen LogP contribution is 2.30. The second kappa shape index (κ2) is 7.37. The molecule has 0 aliphatic carbocycles. The summed E-state index contributed by atoms with van der Waals surface area (Å²) in [5, 5.41) is 2.51. The molecule has 0 aromatic heterocycles. The van der Waals surface area contributed by atoms with Crippen molar-refractivity contribution >= 4 is 21.6 Å². The Morgan fingerprint density at radius 1 is 1.00 bits per heavy atom. The van der Waals surface area contributed by atoms with Gasteiger partial charge in [0.1, 0.15) is 5.75 Å². The topological polar surface area (TPSA) is 84.5 Å². The molecule has 0 heterocycles. The van der Waals surface area contributed by atoms with Crippen LogP contribution in [-0.2, 0) is 10.0 Å². The highest BCUT2D eigenvalue weighted by molar-refractivity contribution is 7.92. The van der Waals surface area contributed by atoms with Crippen LogP contribution < -0.4 is 14.8 Å². The van der Waals surface area contributed by atoms with E-state index in [-0.39, 0.29) is 16.1 Å². The minimum absolute atomic E-state index is 0.190. The number of hydrogen-bond donors (Lipinski definition) is 2. The number of benzene rings is 2. The summed E-state index contributed by atoms with van der Waals surface area (Å²) in [5.74, 6) is 0.0563. The molecule has 0 fully saturated rings. The van der Waals surface area contributed by atoms with Crippen LogP contribution in [0.1, 0.15) is 32.6 Å². The van der Waals surface area contributed by atoms with E-state index < -0.39 is 15.9 Å². The molecule has 26 heavy (non-hydrogen) atoms. The minimum atomic E-state index is -3.87. The van der Waals surface area contributed by atoms with Gasteiger partial charge in [-0.3, -0.25) is 9.52 Å². The van der Waals surface area contributed by atoms with E-state index in [1.54, 1.807) is 19.9 Å². The fraction of sp³-hybridized carbons (Fsp3) is 0.316. The van der Waals surface area contributed by atoms with Crippen molar-refractivity contribution in [2.24, 2.45) is 0 Å². The van der Waals surface area contributed by atoms with E-state index in [0.717, 1.165) is 11.1 Å². The lowest BCUT2D eigenvalue weighted by Gasteiger charge is -2.18. The third kappa shape index (κ3) is 3.67. The first kappa shape index (κ1) is 19.8. The van der Waals surface area contributed by atoms with E-state index >= 15 is 0 Å². The van der Waals surface area contributed by atoms with Crippen LogP contribution in [0.2, 0.25) is 0 Å². The van der Waals surface area contributed by atoms with Crippen molar-refractivity contribution in [1.29, 1.82) is 0 Å². The van der Waals surface area contributed by atoms with Gasteiger partial charge in [-0.2, -0.15) is 0 Å². The molecule has 0 spiro atoms. The Kier molecular flexibility index (Phi) is 5.61. The lowest BCUT2D eigenvalue weighted by Crippen LogP contribution is -2.22. The fourth-order valence-corrected chi connectivity index (χ4v) is 4.54.